The zero-order valence-electron chi connectivity index (χ0n) is 26.1. The van der Waals surface area contributed by atoms with Crippen molar-refractivity contribution >= 4 is 57.5 Å². The average molecular weight is 683 g/mol. The number of thioether (sulfide) groups is 1. The minimum Gasteiger partial charge on any atom is -0.426 e. The van der Waals surface area contributed by atoms with Gasteiger partial charge in [0.2, 0.25) is 24.5 Å². The number of ether oxygens (including phenoxy) is 2. The molecule has 4 heterocycles. The molecule has 2 aromatic carbocycles. The zero-order valence-corrected chi connectivity index (χ0v) is 27.7. The molecule has 0 spiro atoms. The van der Waals surface area contributed by atoms with Crippen LogP contribution in [0.5, 0.6) is 0 Å². The van der Waals surface area contributed by atoms with Crippen molar-refractivity contribution in [3.63, 3.8) is 0 Å². The van der Waals surface area contributed by atoms with Gasteiger partial charge in [0.15, 0.2) is 15.9 Å². The van der Waals surface area contributed by atoms with Crippen LogP contribution in [0.2, 0.25) is 0 Å². The van der Waals surface area contributed by atoms with Crippen LogP contribution >= 0.6 is 11.8 Å². The maximum absolute atomic E-state index is 13.5. The molecule has 0 aromatic heterocycles. The number of hydrogen-bond acceptors (Lipinski definition) is 11. The second-order valence-corrected chi connectivity index (χ2v) is 17.3. The fraction of sp³-hybridized carbons (Fsp3) is 0.438. The van der Waals surface area contributed by atoms with Gasteiger partial charge in [0.1, 0.15) is 28.9 Å². The van der Waals surface area contributed by atoms with Crippen LogP contribution in [0, 0.1) is 0 Å². The van der Waals surface area contributed by atoms with Gasteiger partial charge in [-0.15, -0.1) is 11.8 Å². The number of amides is 3. The fourth-order valence-corrected chi connectivity index (χ4v) is 10.3. The molecule has 6 rings (SSSR count). The molecule has 4 aliphatic heterocycles. The Labute approximate surface area is 276 Å². The van der Waals surface area contributed by atoms with Crippen molar-refractivity contribution in [1.82, 2.24) is 15.1 Å². The number of rotatable bonds is 9. The summed E-state index contributed by atoms with van der Waals surface area (Å²) in [6.07, 6.45) is 1.41. The minimum absolute atomic E-state index is 0.195. The number of hydrogen-bond donors (Lipinski definition) is 1. The first-order chi connectivity index (χ1) is 22.2. The third kappa shape index (κ3) is 5.38. The smallest absolute Gasteiger partial charge is 0.333 e. The van der Waals surface area contributed by atoms with E-state index in [4.69, 9.17) is 9.47 Å². The zero-order chi connectivity index (χ0) is 33.9. The van der Waals surface area contributed by atoms with Gasteiger partial charge in [0.05, 0.1) is 11.2 Å². The first kappa shape index (κ1) is 32.7. The molecule has 0 saturated carbocycles. The van der Waals surface area contributed by atoms with E-state index in [9.17, 15) is 32.4 Å². The van der Waals surface area contributed by atoms with Crippen molar-refractivity contribution in [1.29, 1.82) is 0 Å². The highest BCUT2D eigenvalue weighted by Crippen LogP contribution is 2.51. The molecule has 4 fully saturated rings. The van der Waals surface area contributed by atoms with Gasteiger partial charge in [-0.05, 0) is 38.8 Å². The molecule has 0 bridgehead atoms. The highest BCUT2D eigenvalue weighted by molar-refractivity contribution is 8.01. The van der Waals surface area contributed by atoms with Crippen LogP contribution in [0.3, 0.4) is 0 Å². The molecule has 4 aliphatic rings. The lowest BCUT2D eigenvalue weighted by atomic mass is 9.95. The molecular weight excluding hydrogens is 649 g/mol. The summed E-state index contributed by atoms with van der Waals surface area (Å²) in [5, 5.41) is 1.18. The van der Waals surface area contributed by atoms with Crippen LogP contribution in [0.4, 0.5) is 0 Å². The molecule has 4 saturated heterocycles. The summed E-state index contributed by atoms with van der Waals surface area (Å²) in [6, 6.07) is 14.0. The molecule has 6 atom stereocenters. The standard InChI is InChI=1S/C32H34N4O9S2/c1-31(2)24(29(40)44-17-45-30(41)25-32(3,4)47(42,43)21-15-20(37)35(21)25)36-27(39)23(28(36)46-31)34-26(38)22(19-13-9-6-10-14-19)33-16-18-11-7-5-8-12-18/h5-14,16,21-25,28H,15,17H2,1-4H3,(H,34,38)/t21?,22-,23+,24-,25-,28+/m1/s1. The topological polar surface area (TPSA) is 169 Å². The Hall–Kier alpha value is -4.24. The lowest BCUT2D eigenvalue weighted by molar-refractivity contribution is -0.181. The Kier molecular flexibility index (Phi) is 8.19. The predicted octanol–water partition coefficient (Wildman–Crippen LogP) is 1.57. The predicted molar refractivity (Wildman–Crippen MR) is 170 cm³/mol. The third-order valence-corrected chi connectivity index (χ3v) is 13.5. The number of benzene rings is 2. The van der Waals surface area contributed by atoms with E-state index in [2.05, 4.69) is 10.3 Å². The lowest BCUT2D eigenvalue weighted by Gasteiger charge is -2.44. The summed E-state index contributed by atoms with van der Waals surface area (Å²) in [4.78, 5) is 72.1. The van der Waals surface area contributed by atoms with Crippen molar-refractivity contribution < 1.29 is 41.9 Å². The highest BCUT2D eigenvalue weighted by Gasteiger charge is 2.68. The number of aliphatic imine (C=N–C) groups is 1. The number of carbonyl (C=O) groups excluding carboxylic acids is 5. The SMILES string of the molecule is CC1(C)S[C@H]2[C@@H](NC(=O)[C@H](N=Cc3ccccc3)c3ccccc3)C(=O)N2[C@@H]1C(=O)OCOC(=O)[C@H]1N2C(=O)CC2S(=O)(=O)C1(C)C. The van der Waals surface area contributed by atoms with Crippen LogP contribution in [0.1, 0.15) is 51.3 Å². The van der Waals surface area contributed by atoms with Crippen molar-refractivity contribution in [2.24, 2.45) is 4.99 Å². The van der Waals surface area contributed by atoms with E-state index in [0.29, 0.717) is 5.56 Å². The van der Waals surface area contributed by atoms with Crippen LogP contribution in [-0.2, 0) is 43.3 Å². The van der Waals surface area contributed by atoms with E-state index in [0.717, 1.165) is 10.5 Å². The number of nitrogens with one attached hydrogen (secondary N) is 1. The maximum Gasteiger partial charge on any atom is 0.333 e. The Balaban J connectivity index is 1.09. The molecule has 3 amide bonds. The Bertz CT molecular complexity index is 1760. The van der Waals surface area contributed by atoms with Gasteiger partial charge in [-0.2, -0.15) is 0 Å². The number of esters is 2. The van der Waals surface area contributed by atoms with Gasteiger partial charge in [-0.25, -0.2) is 18.0 Å². The number of sulfone groups is 1. The number of carbonyl (C=O) groups is 5. The molecule has 13 nitrogen and oxygen atoms in total. The summed E-state index contributed by atoms with van der Waals surface area (Å²) in [6.45, 7) is 5.40. The first-order valence-corrected chi connectivity index (χ1v) is 17.4. The second kappa shape index (κ2) is 11.8. The lowest BCUT2D eigenvalue weighted by Crippen LogP contribution is -2.71. The van der Waals surface area contributed by atoms with Crippen molar-refractivity contribution in [2.45, 2.75) is 78.5 Å². The maximum atomic E-state index is 13.5. The second-order valence-electron chi connectivity index (χ2n) is 12.8. The van der Waals surface area contributed by atoms with E-state index in [1.807, 2.05) is 36.4 Å². The van der Waals surface area contributed by atoms with Gasteiger partial charge >= 0.3 is 11.9 Å². The number of nitrogens with zero attached hydrogens (tertiary/aromatic N) is 3. The van der Waals surface area contributed by atoms with Crippen LogP contribution in [0.15, 0.2) is 65.7 Å². The van der Waals surface area contributed by atoms with Crippen molar-refractivity contribution in [3.8, 4) is 0 Å². The molecule has 47 heavy (non-hydrogen) atoms. The van der Waals surface area contributed by atoms with E-state index in [1.165, 1.54) is 30.5 Å². The molecule has 2 aromatic rings. The summed E-state index contributed by atoms with van der Waals surface area (Å²) in [7, 11) is -3.81. The fourth-order valence-electron chi connectivity index (χ4n) is 6.51. The molecule has 1 N–H and O–H groups in total. The number of fused-ring (bicyclic) bond motifs is 2. The summed E-state index contributed by atoms with van der Waals surface area (Å²) < 4.78 is 33.6. The quantitative estimate of drug-likeness (QED) is 0.177. The molecule has 0 aliphatic carbocycles. The molecule has 0 radical (unpaired) electrons. The summed E-state index contributed by atoms with van der Waals surface area (Å²) in [5.41, 5.74) is 1.45. The van der Waals surface area contributed by atoms with Crippen LogP contribution in [-0.4, -0.2) is 99.3 Å². The number of β-lactam (4-membered cyclic amide) rings is 2. The third-order valence-electron chi connectivity index (χ3n) is 9.10. The average Bonchev–Trinajstić information content (AvgIpc) is 3.35. The van der Waals surface area contributed by atoms with Gasteiger partial charge in [-0.1, -0.05) is 60.7 Å². The Morgan fingerprint density at radius 2 is 1.55 bits per heavy atom. The van der Waals surface area contributed by atoms with Crippen LogP contribution in [0.25, 0.3) is 0 Å². The first-order valence-electron chi connectivity index (χ1n) is 15.0. The van der Waals surface area contributed by atoms with E-state index in [-0.39, 0.29) is 6.42 Å². The van der Waals surface area contributed by atoms with Gasteiger partial charge in [0.25, 0.3) is 0 Å². The van der Waals surface area contributed by atoms with Gasteiger partial charge < -0.3 is 24.6 Å². The Morgan fingerprint density at radius 3 is 2.17 bits per heavy atom. The van der Waals surface area contributed by atoms with E-state index < -0.39 is 90.7 Å². The monoisotopic (exact) mass is 682 g/mol. The minimum atomic E-state index is -3.81. The van der Waals surface area contributed by atoms with E-state index in [1.54, 1.807) is 44.3 Å². The largest absolute Gasteiger partial charge is 0.426 e. The van der Waals surface area contributed by atoms with Crippen LogP contribution < -0.4 is 5.32 Å². The summed E-state index contributed by atoms with van der Waals surface area (Å²) in [5.74, 6) is -3.26. The normalized spacial score (nSPS) is 28.5. The van der Waals surface area contributed by atoms with Gasteiger partial charge in [0, 0.05) is 11.0 Å². The summed E-state index contributed by atoms with van der Waals surface area (Å²) >= 11 is 1.33. The molecule has 15 heteroatoms. The Morgan fingerprint density at radius 1 is 0.957 bits per heavy atom. The molecule has 248 valence electrons. The van der Waals surface area contributed by atoms with Crippen molar-refractivity contribution in [3.05, 3.63) is 71.8 Å². The molecule has 1 unspecified atom stereocenters. The highest BCUT2D eigenvalue weighted by atomic mass is 32.2. The van der Waals surface area contributed by atoms with Gasteiger partial charge in [-0.3, -0.25) is 19.4 Å². The van der Waals surface area contributed by atoms with Crippen molar-refractivity contribution in [2.75, 3.05) is 6.79 Å². The van der Waals surface area contributed by atoms with E-state index >= 15 is 0 Å². The molecular formula is C32H34N4O9S2.